The van der Waals surface area contributed by atoms with Gasteiger partial charge in [-0.1, -0.05) is 221 Å². The van der Waals surface area contributed by atoms with Crippen LogP contribution in [0, 0.1) is 5.92 Å². The van der Waals surface area contributed by atoms with E-state index in [-0.39, 0.29) is 25.7 Å². The van der Waals surface area contributed by atoms with Crippen molar-refractivity contribution in [3.63, 3.8) is 0 Å². The number of unbranched alkanes of at least 4 members (excludes halogenated alkanes) is 28. The van der Waals surface area contributed by atoms with E-state index in [1.165, 1.54) is 70.6 Å². The van der Waals surface area contributed by atoms with Gasteiger partial charge in [0, 0.05) is 25.7 Å². The summed E-state index contributed by atoms with van der Waals surface area (Å²) in [5.41, 5.74) is 0. The Morgan fingerprint density at radius 1 is 0.360 bits per heavy atom. The topological polar surface area (TPSA) is 237 Å². The summed E-state index contributed by atoms with van der Waals surface area (Å²) in [5.74, 6) is -1.45. The van der Waals surface area contributed by atoms with Crippen LogP contribution in [0.3, 0.4) is 0 Å². The first-order valence-electron chi connectivity index (χ1n) is 29.6. The number of esters is 4. The van der Waals surface area contributed by atoms with E-state index in [0.717, 1.165) is 116 Å². The fourth-order valence-electron chi connectivity index (χ4n) is 8.17. The molecule has 0 amide bonds. The third-order valence-corrected chi connectivity index (χ3v) is 14.7. The zero-order valence-corrected chi connectivity index (χ0v) is 49.5. The average molecular weight is 1120 g/mol. The minimum atomic E-state index is -4.93. The van der Waals surface area contributed by atoms with Crippen molar-refractivity contribution < 1.29 is 80.2 Å². The number of aliphatic hydroxyl groups excluding tert-OH is 1. The van der Waals surface area contributed by atoms with Crippen LogP contribution >= 0.6 is 15.6 Å². The monoisotopic (exact) mass is 1110 g/mol. The molecule has 3 N–H and O–H groups in total. The van der Waals surface area contributed by atoms with Crippen molar-refractivity contribution in [2.24, 2.45) is 5.92 Å². The van der Waals surface area contributed by atoms with E-state index in [9.17, 15) is 43.2 Å². The van der Waals surface area contributed by atoms with Crippen molar-refractivity contribution >= 4 is 39.5 Å². The Labute approximate surface area is 454 Å². The smallest absolute Gasteiger partial charge is 0.462 e. The lowest BCUT2D eigenvalue weighted by Gasteiger charge is -2.21. The maximum atomic E-state index is 12.9. The van der Waals surface area contributed by atoms with Gasteiger partial charge in [-0.2, -0.15) is 0 Å². The highest BCUT2D eigenvalue weighted by molar-refractivity contribution is 7.47. The third-order valence-electron chi connectivity index (χ3n) is 12.8. The Morgan fingerprint density at radius 3 is 0.907 bits per heavy atom. The molecule has 0 spiro atoms. The van der Waals surface area contributed by atoms with Crippen LogP contribution in [0.4, 0.5) is 0 Å². The summed E-state index contributed by atoms with van der Waals surface area (Å²) in [4.78, 5) is 71.4. The number of hydrogen-bond donors (Lipinski definition) is 3. The highest BCUT2D eigenvalue weighted by atomic mass is 31.2. The molecule has 0 aromatic rings. The Bertz CT molecular complexity index is 1480. The first kappa shape index (κ1) is 73.1. The molecule has 0 saturated heterocycles. The van der Waals surface area contributed by atoms with Crippen LogP contribution in [0.2, 0.25) is 0 Å². The van der Waals surface area contributed by atoms with Gasteiger partial charge < -0.3 is 33.8 Å². The van der Waals surface area contributed by atoms with Crippen LogP contribution in [0.25, 0.3) is 0 Å². The van der Waals surface area contributed by atoms with E-state index in [2.05, 4.69) is 34.6 Å². The molecular weight excluding hydrogens is 1010 g/mol. The Hall–Kier alpha value is -1.94. The quantitative estimate of drug-likeness (QED) is 0.0222. The van der Waals surface area contributed by atoms with Gasteiger partial charge in [0.2, 0.25) is 0 Å². The maximum Gasteiger partial charge on any atom is 0.472 e. The molecule has 0 aromatic carbocycles. The zero-order chi connectivity index (χ0) is 55.7. The summed E-state index contributed by atoms with van der Waals surface area (Å²) in [6.45, 7) is 6.94. The number of carbonyl (C=O) groups is 4. The van der Waals surface area contributed by atoms with E-state index < -0.39 is 97.5 Å². The predicted molar refractivity (Wildman–Crippen MR) is 294 cm³/mol. The molecular formula is C56H108O17P2. The lowest BCUT2D eigenvalue weighted by Crippen LogP contribution is -2.30. The molecule has 0 rings (SSSR count). The van der Waals surface area contributed by atoms with Gasteiger partial charge in [0.15, 0.2) is 12.2 Å². The fraction of sp³-hybridized carbons (Fsp3) is 0.929. The van der Waals surface area contributed by atoms with E-state index in [1.807, 2.05) is 0 Å². The molecule has 75 heavy (non-hydrogen) atoms. The molecule has 0 aromatic heterocycles. The van der Waals surface area contributed by atoms with Gasteiger partial charge in [-0.05, 0) is 31.6 Å². The molecule has 0 aliphatic carbocycles. The largest absolute Gasteiger partial charge is 0.472 e. The molecule has 17 nitrogen and oxygen atoms in total. The average Bonchev–Trinajstić information content (AvgIpc) is 3.37. The van der Waals surface area contributed by atoms with Crippen molar-refractivity contribution in [1.82, 2.24) is 0 Å². The van der Waals surface area contributed by atoms with Crippen LogP contribution in [0.1, 0.15) is 272 Å². The maximum absolute atomic E-state index is 12.9. The Morgan fingerprint density at radius 2 is 0.613 bits per heavy atom. The van der Waals surface area contributed by atoms with Crippen LogP contribution in [-0.4, -0.2) is 96.7 Å². The Kier molecular flexibility index (Phi) is 49.0. The van der Waals surface area contributed by atoms with Crippen LogP contribution < -0.4 is 0 Å². The van der Waals surface area contributed by atoms with Gasteiger partial charge in [0.25, 0.3) is 0 Å². The van der Waals surface area contributed by atoms with Gasteiger partial charge in [0.05, 0.1) is 26.4 Å². The summed E-state index contributed by atoms with van der Waals surface area (Å²) >= 11 is 0. The number of phosphoric acid groups is 2. The standard InChI is InChI=1S/C56H108O17P2/c1-6-9-12-15-17-18-19-20-21-22-26-32-37-42-56(61)73-52(46-67-54(59)40-35-30-27-23-25-29-33-38-49(4)5)48-71-75(64,65)69-44-50(57)43-68-74(62,63)70-47-51(45-66-53(58)39-34-28-14-11-8-3)72-55(60)41-36-31-24-16-13-10-7-2/h49-52,57H,6-48H2,1-5H3,(H,62,63)(H,64,65)/t50-,51+,52+/m0/s1. The minimum Gasteiger partial charge on any atom is -0.462 e. The van der Waals surface area contributed by atoms with E-state index in [0.29, 0.717) is 31.6 Å². The second kappa shape index (κ2) is 50.3. The second-order valence-electron chi connectivity index (χ2n) is 20.8. The highest BCUT2D eigenvalue weighted by Gasteiger charge is 2.30. The second-order valence-corrected chi connectivity index (χ2v) is 23.7. The lowest BCUT2D eigenvalue weighted by molar-refractivity contribution is -0.161. The minimum absolute atomic E-state index is 0.103. The van der Waals surface area contributed by atoms with E-state index >= 15 is 0 Å². The molecule has 5 atom stereocenters. The number of hydrogen-bond acceptors (Lipinski definition) is 15. The zero-order valence-electron chi connectivity index (χ0n) is 47.7. The number of ether oxygens (including phenoxy) is 4. The van der Waals surface area contributed by atoms with Crippen molar-refractivity contribution in [2.75, 3.05) is 39.6 Å². The van der Waals surface area contributed by atoms with Gasteiger partial charge in [0.1, 0.15) is 19.3 Å². The van der Waals surface area contributed by atoms with Crippen LogP contribution in [0.5, 0.6) is 0 Å². The molecule has 0 aliphatic rings. The molecule has 2 unspecified atom stereocenters. The van der Waals surface area contributed by atoms with Gasteiger partial charge in [-0.3, -0.25) is 37.3 Å². The SMILES string of the molecule is CCCCCCCCCCCCCCCC(=O)O[C@H](COC(=O)CCCCCCCCCC(C)C)COP(=O)(O)OC[C@@H](O)COP(=O)(O)OC[C@@H](COC(=O)CCCCCCC)OC(=O)CCCCCCCCC. The molecule has 0 saturated carbocycles. The summed E-state index contributed by atoms with van der Waals surface area (Å²) < 4.78 is 67.3. The number of carbonyl (C=O) groups excluding carboxylic acids is 4. The molecule has 0 bridgehead atoms. The molecule has 444 valence electrons. The lowest BCUT2D eigenvalue weighted by atomic mass is 10.0. The number of rotatable bonds is 56. The summed E-state index contributed by atoms with van der Waals surface area (Å²) in [7, 11) is -9.86. The first-order chi connectivity index (χ1) is 36.0. The normalized spacial score (nSPS) is 14.5. The molecule has 0 heterocycles. The van der Waals surface area contributed by atoms with Gasteiger partial charge in [-0.15, -0.1) is 0 Å². The molecule has 0 radical (unpaired) electrons. The van der Waals surface area contributed by atoms with E-state index in [4.69, 9.17) is 37.0 Å². The number of phosphoric ester groups is 2. The highest BCUT2D eigenvalue weighted by Crippen LogP contribution is 2.45. The fourth-order valence-corrected chi connectivity index (χ4v) is 9.75. The number of aliphatic hydroxyl groups is 1. The molecule has 0 aliphatic heterocycles. The molecule has 19 heteroatoms. The summed E-state index contributed by atoms with van der Waals surface area (Å²) in [5, 5.41) is 10.5. The Balaban J connectivity index is 5.17. The van der Waals surface area contributed by atoms with Crippen LogP contribution in [-0.2, 0) is 65.4 Å². The van der Waals surface area contributed by atoms with Gasteiger partial charge >= 0.3 is 39.5 Å². The first-order valence-corrected chi connectivity index (χ1v) is 32.6. The summed E-state index contributed by atoms with van der Waals surface area (Å²) in [6, 6.07) is 0. The van der Waals surface area contributed by atoms with Crippen molar-refractivity contribution in [1.29, 1.82) is 0 Å². The van der Waals surface area contributed by atoms with Crippen molar-refractivity contribution in [3.8, 4) is 0 Å². The predicted octanol–water partition coefficient (Wildman–Crippen LogP) is 14.7. The van der Waals surface area contributed by atoms with Crippen molar-refractivity contribution in [2.45, 2.75) is 291 Å². The van der Waals surface area contributed by atoms with Gasteiger partial charge in [-0.25, -0.2) is 9.13 Å². The molecule has 0 fully saturated rings. The van der Waals surface area contributed by atoms with E-state index in [1.54, 1.807) is 0 Å². The summed E-state index contributed by atoms with van der Waals surface area (Å²) in [6.07, 6.45) is 31.2. The van der Waals surface area contributed by atoms with Crippen LogP contribution in [0.15, 0.2) is 0 Å². The third kappa shape index (κ3) is 51.3. The van der Waals surface area contributed by atoms with Crippen molar-refractivity contribution in [3.05, 3.63) is 0 Å².